The van der Waals surface area contributed by atoms with Crippen LogP contribution in [0.3, 0.4) is 0 Å². The van der Waals surface area contributed by atoms with Crippen molar-refractivity contribution in [2.75, 3.05) is 13.2 Å². The number of para-hydroxylation sites is 1. The van der Waals surface area contributed by atoms with Gasteiger partial charge >= 0.3 is 0 Å². The smallest absolute Gasteiger partial charge is 0.269 e. The number of nitrogens with one attached hydrogen (secondary N) is 2. The van der Waals surface area contributed by atoms with Crippen molar-refractivity contribution in [3.63, 3.8) is 0 Å². The Bertz CT molecular complexity index is 935. The number of H-pyrrole nitrogens is 1. The molecule has 1 amide bonds. The zero-order chi connectivity index (χ0) is 21.2. The highest BCUT2D eigenvalue weighted by Gasteiger charge is 2.14. The lowest BCUT2D eigenvalue weighted by Crippen LogP contribution is -2.23. The Hall–Kier alpha value is -3.28. The number of rotatable bonds is 11. The van der Waals surface area contributed by atoms with Gasteiger partial charge in [-0.25, -0.2) is 0 Å². The average Bonchev–Trinajstić information content (AvgIpc) is 3.27. The van der Waals surface area contributed by atoms with Gasteiger partial charge in [-0.1, -0.05) is 44.5 Å². The standard InChI is InChI=1S/C24H29N3O3/c1-3-5-15-30-23-9-7-6-8-20(23)21-16-22(27-26-21)24(28)25-17-18-10-12-19(13-11-18)29-14-4-2/h6-13,16H,3-5,14-15,17H2,1-2H3,(H,25,28)(H,26,27). The van der Waals surface area contributed by atoms with E-state index in [-0.39, 0.29) is 5.91 Å². The van der Waals surface area contributed by atoms with Crippen molar-refractivity contribution in [2.45, 2.75) is 39.7 Å². The maximum absolute atomic E-state index is 12.5. The second-order valence-electron chi connectivity index (χ2n) is 7.04. The number of hydrogen-bond acceptors (Lipinski definition) is 4. The van der Waals surface area contributed by atoms with Gasteiger partial charge in [-0.2, -0.15) is 5.10 Å². The second kappa shape index (κ2) is 11.0. The summed E-state index contributed by atoms with van der Waals surface area (Å²) in [6.07, 6.45) is 3.04. The van der Waals surface area contributed by atoms with Crippen molar-refractivity contribution < 1.29 is 14.3 Å². The predicted molar refractivity (Wildman–Crippen MR) is 118 cm³/mol. The minimum atomic E-state index is -0.204. The maximum Gasteiger partial charge on any atom is 0.269 e. The third-order valence-corrected chi connectivity index (χ3v) is 4.59. The highest BCUT2D eigenvalue weighted by Crippen LogP contribution is 2.29. The Kier molecular flexibility index (Phi) is 7.89. The molecule has 1 aromatic heterocycles. The lowest BCUT2D eigenvalue weighted by atomic mass is 10.1. The molecule has 0 atom stereocenters. The average molecular weight is 408 g/mol. The van der Waals surface area contributed by atoms with Gasteiger partial charge in [0.25, 0.3) is 5.91 Å². The quantitative estimate of drug-likeness (QED) is 0.440. The van der Waals surface area contributed by atoms with Gasteiger partial charge in [0.2, 0.25) is 0 Å². The predicted octanol–water partition coefficient (Wildman–Crippen LogP) is 4.97. The van der Waals surface area contributed by atoms with Crippen LogP contribution >= 0.6 is 0 Å². The Balaban J connectivity index is 1.60. The molecule has 158 valence electrons. The summed E-state index contributed by atoms with van der Waals surface area (Å²) < 4.78 is 11.5. The van der Waals surface area contributed by atoms with E-state index in [1.807, 2.05) is 48.5 Å². The first-order valence-corrected chi connectivity index (χ1v) is 10.5. The molecule has 2 aromatic carbocycles. The van der Waals surface area contributed by atoms with Crippen LogP contribution in [-0.2, 0) is 6.54 Å². The minimum absolute atomic E-state index is 0.204. The Morgan fingerprint density at radius 3 is 2.57 bits per heavy atom. The molecule has 2 N–H and O–H groups in total. The number of amides is 1. The number of aromatic amines is 1. The second-order valence-corrected chi connectivity index (χ2v) is 7.04. The van der Waals surface area contributed by atoms with Gasteiger partial charge in [0.1, 0.15) is 17.2 Å². The lowest BCUT2D eigenvalue weighted by molar-refractivity contribution is 0.0946. The number of unbranched alkanes of at least 4 members (excludes halogenated alkanes) is 1. The monoisotopic (exact) mass is 407 g/mol. The van der Waals surface area contributed by atoms with E-state index in [0.29, 0.717) is 31.1 Å². The zero-order valence-electron chi connectivity index (χ0n) is 17.6. The van der Waals surface area contributed by atoms with Crippen LogP contribution in [0.4, 0.5) is 0 Å². The van der Waals surface area contributed by atoms with Crippen LogP contribution in [0.15, 0.2) is 54.6 Å². The van der Waals surface area contributed by atoms with Crippen molar-refractivity contribution in [1.82, 2.24) is 15.5 Å². The van der Waals surface area contributed by atoms with E-state index in [9.17, 15) is 4.79 Å². The molecule has 0 aliphatic heterocycles. The number of carbonyl (C=O) groups is 1. The van der Waals surface area contributed by atoms with E-state index in [4.69, 9.17) is 9.47 Å². The first-order valence-electron chi connectivity index (χ1n) is 10.5. The maximum atomic E-state index is 12.5. The van der Waals surface area contributed by atoms with E-state index in [0.717, 1.165) is 41.9 Å². The summed E-state index contributed by atoms with van der Waals surface area (Å²) in [5.41, 5.74) is 2.97. The van der Waals surface area contributed by atoms with E-state index >= 15 is 0 Å². The number of nitrogens with zero attached hydrogens (tertiary/aromatic N) is 1. The van der Waals surface area contributed by atoms with Crippen LogP contribution in [0.1, 0.15) is 49.2 Å². The third-order valence-electron chi connectivity index (χ3n) is 4.59. The van der Waals surface area contributed by atoms with Crippen molar-refractivity contribution in [1.29, 1.82) is 0 Å². The van der Waals surface area contributed by atoms with Crippen LogP contribution in [-0.4, -0.2) is 29.3 Å². The molecule has 6 nitrogen and oxygen atoms in total. The molecule has 0 aliphatic rings. The summed E-state index contributed by atoms with van der Waals surface area (Å²) in [5.74, 6) is 1.41. The molecule has 0 bridgehead atoms. The summed E-state index contributed by atoms with van der Waals surface area (Å²) in [7, 11) is 0. The van der Waals surface area contributed by atoms with E-state index in [1.54, 1.807) is 6.07 Å². The van der Waals surface area contributed by atoms with E-state index in [1.165, 1.54) is 0 Å². The fourth-order valence-electron chi connectivity index (χ4n) is 2.91. The highest BCUT2D eigenvalue weighted by molar-refractivity contribution is 5.93. The van der Waals surface area contributed by atoms with Gasteiger partial charge in [-0.15, -0.1) is 0 Å². The van der Waals surface area contributed by atoms with Crippen LogP contribution in [0.2, 0.25) is 0 Å². The summed E-state index contributed by atoms with van der Waals surface area (Å²) in [6.45, 7) is 5.99. The molecule has 1 heterocycles. The van der Waals surface area contributed by atoms with Gasteiger partial charge in [0.15, 0.2) is 0 Å². The topological polar surface area (TPSA) is 76.2 Å². The minimum Gasteiger partial charge on any atom is -0.494 e. The van der Waals surface area contributed by atoms with Crippen molar-refractivity contribution >= 4 is 5.91 Å². The molecule has 0 fully saturated rings. The van der Waals surface area contributed by atoms with Crippen molar-refractivity contribution in [2.24, 2.45) is 0 Å². The molecule has 3 aromatic rings. The molecular weight excluding hydrogens is 378 g/mol. The molecule has 0 aliphatic carbocycles. The lowest BCUT2D eigenvalue weighted by Gasteiger charge is -2.09. The molecule has 3 rings (SSSR count). The van der Waals surface area contributed by atoms with Crippen molar-refractivity contribution in [3.05, 3.63) is 65.9 Å². The van der Waals surface area contributed by atoms with Crippen LogP contribution in [0, 0.1) is 0 Å². The Morgan fingerprint density at radius 1 is 1.00 bits per heavy atom. The number of benzene rings is 2. The van der Waals surface area contributed by atoms with Gasteiger partial charge in [0.05, 0.1) is 18.9 Å². The number of ether oxygens (including phenoxy) is 2. The van der Waals surface area contributed by atoms with Gasteiger partial charge in [-0.05, 0) is 48.7 Å². The highest BCUT2D eigenvalue weighted by atomic mass is 16.5. The zero-order valence-corrected chi connectivity index (χ0v) is 17.6. The molecule has 0 unspecified atom stereocenters. The largest absolute Gasteiger partial charge is 0.494 e. The van der Waals surface area contributed by atoms with E-state index < -0.39 is 0 Å². The number of aromatic nitrogens is 2. The van der Waals surface area contributed by atoms with Crippen LogP contribution in [0.5, 0.6) is 11.5 Å². The summed E-state index contributed by atoms with van der Waals surface area (Å²) in [6, 6.07) is 17.2. The molecule has 30 heavy (non-hydrogen) atoms. The SMILES string of the molecule is CCCCOc1ccccc1-c1cc(C(=O)NCc2ccc(OCCC)cc2)[nH]n1. The number of hydrogen-bond donors (Lipinski definition) is 2. The molecule has 6 heteroatoms. The Morgan fingerprint density at radius 2 is 1.80 bits per heavy atom. The van der Waals surface area contributed by atoms with Crippen LogP contribution in [0.25, 0.3) is 11.3 Å². The molecule has 0 saturated heterocycles. The van der Waals surface area contributed by atoms with Crippen LogP contribution < -0.4 is 14.8 Å². The fraction of sp³-hybridized carbons (Fsp3) is 0.333. The molecule has 0 radical (unpaired) electrons. The molecule has 0 saturated carbocycles. The third kappa shape index (κ3) is 5.86. The van der Waals surface area contributed by atoms with Crippen molar-refractivity contribution in [3.8, 4) is 22.8 Å². The molecular formula is C24H29N3O3. The first kappa shape index (κ1) is 21.4. The van der Waals surface area contributed by atoms with Gasteiger partial charge < -0.3 is 14.8 Å². The summed E-state index contributed by atoms with van der Waals surface area (Å²) in [4.78, 5) is 12.5. The molecule has 0 spiro atoms. The van der Waals surface area contributed by atoms with E-state index in [2.05, 4.69) is 29.4 Å². The van der Waals surface area contributed by atoms with Gasteiger partial charge in [-0.3, -0.25) is 9.89 Å². The normalized spacial score (nSPS) is 10.6. The number of carbonyl (C=O) groups excluding carboxylic acids is 1. The fourth-order valence-corrected chi connectivity index (χ4v) is 2.91. The summed E-state index contributed by atoms with van der Waals surface area (Å²) in [5, 5.41) is 10.1. The summed E-state index contributed by atoms with van der Waals surface area (Å²) >= 11 is 0. The Labute approximate surface area is 177 Å². The van der Waals surface area contributed by atoms with Gasteiger partial charge in [0, 0.05) is 12.1 Å². The first-order chi connectivity index (χ1) is 14.7.